The van der Waals surface area contributed by atoms with Crippen LogP contribution < -0.4 is 4.74 Å². The van der Waals surface area contributed by atoms with Gasteiger partial charge in [0.1, 0.15) is 17.0 Å². The standard InChI is InChI=1S/C15H14N2O4/c1-15(2)6-9-5-8(3-4-10(9)21-15)13(18)11-12(14(19)20)17-7-16-11/h3-5,7H,6H2,1-2H3,(H,16,17)(H,19,20). The number of rotatable bonds is 3. The summed E-state index contributed by atoms with van der Waals surface area (Å²) in [5.41, 5.74) is 0.781. The van der Waals surface area contributed by atoms with Gasteiger partial charge in [0, 0.05) is 12.0 Å². The average Bonchev–Trinajstić information content (AvgIpc) is 2.98. The minimum absolute atomic E-state index is 0.0828. The van der Waals surface area contributed by atoms with E-state index in [-0.39, 0.29) is 17.0 Å². The van der Waals surface area contributed by atoms with Crippen LogP contribution in [0.4, 0.5) is 0 Å². The summed E-state index contributed by atoms with van der Waals surface area (Å²) < 4.78 is 5.75. The number of hydrogen-bond donors (Lipinski definition) is 2. The smallest absolute Gasteiger partial charge is 0.354 e. The van der Waals surface area contributed by atoms with E-state index in [0.29, 0.717) is 12.0 Å². The van der Waals surface area contributed by atoms with E-state index in [1.54, 1.807) is 18.2 Å². The van der Waals surface area contributed by atoms with Crippen molar-refractivity contribution in [2.24, 2.45) is 0 Å². The van der Waals surface area contributed by atoms with Gasteiger partial charge < -0.3 is 14.8 Å². The summed E-state index contributed by atoms with van der Waals surface area (Å²) in [5.74, 6) is -0.861. The van der Waals surface area contributed by atoms with E-state index in [1.807, 2.05) is 13.8 Å². The zero-order chi connectivity index (χ0) is 15.2. The Morgan fingerprint density at radius 1 is 1.38 bits per heavy atom. The number of fused-ring (bicyclic) bond motifs is 1. The average molecular weight is 286 g/mol. The summed E-state index contributed by atoms with van der Waals surface area (Å²) in [6.45, 7) is 3.95. The SMILES string of the molecule is CC1(C)Cc2cc(C(=O)c3nc[nH]c3C(=O)O)ccc2O1. The lowest BCUT2D eigenvalue weighted by atomic mass is 9.98. The summed E-state index contributed by atoms with van der Waals surface area (Å²) in [6, 6.07) is 5.11. The van der Waals surface area contributed by atoms with Crippen molar-refractivity contribution in [3.63, 3.8) is 0 Å². The van der Waals surface area contributed by atoms with Crippen molar-refractivity contribution < 1.29 is 19.4 Å². The third kappa shape index (κ3) is 2.29. The Labute approximate surface area is 120 Å². The van der Waals surface area contributed by atoms with E-state index in [0.717, 1.165) is 11.3 Å². The number of carboxylic acid groups (broad SMARTS) is 1. The summed E-state index contributed by atoms with van der Waals surface area (Å²) >= 11 is 0. The Hall–Kier alpha value is -2.63. The molecule has 0 saturated heterocycles. The lowest BCUT2D eigenvalue weighted by Crippen LogP contribution is -2.24. The van der Waals surface area contributed by atoms with Gasteiger partial charge in [-0.3, -0.25) is 4.79 Å². The quantitative estimate of drug-likeness (QED) is 0.842. The van der Waals surface area contributed by atoms with E-state index in [4.69, 9.17) is 9.84 Å². The molecule has 6 nitrogen and oxygen atoms in total. The number of ketones is 1. The first-order chi connectivity index (χ1) is 9.87. The number of nitrogens with one attached hydrogen (secondary N) is 1. The van der Waals surface area contributed by atoms with Gasteiger partial charge in [-0.1, -0.05) is 0 Å². The van der Waals surface area contributed by atoms with E-state index in [1.165, 1.54) is 6.33 Å². The number of H-pyrrole nitrogens is 1. The molecule has 1 aliphatic heterocycles. The number of hydrogen-bond acceptors (Lipinski definition) is 4. The second kappa shape index (κ2) is 4.44. The number of aromatic amines is 1. The van der Waals surface area contributed by atoms with Gasteiger partial charge in [-0.05, 0) is 37.6 Å². The molecule has 0 aliphatic carbocycles. The summed E-state index contributed by atoms with van der Waals surface area (Å²) in [5, 5.41) is 9.03. The molecule has 1 aromatic carbocycles. The monoisotopic (exact) mass is 286 g/mol. The van der Waals surface area contributed by atoms with Crippen LogP contribution >= 0.6 is 0 Å². The van der Waals surface area contributed by atoms with Gasteiger partial charge >= 0.3 is 5.97 Å². The van der Waals surface area contributed by atoms with Gasteiger partial charge in [0.15, 0.2) is 5.69 Å². The number of nitrogens with zero attached hydrogens (tertiary/aromatic N) is 1. The molecule has 0 fully saturated rings. The molecule has 2 N–H and O–H groups in total. The van der Waals surface area contributed by atoms with Gasteiger partial charge in [0.25, 0.3) is 0 Å². The number of aromatic carboxylic acids is 1. The molecule has 0 radical (unpaired) electrons. The molecule has 1 aromatic heterocycles. The van der Waals surface area contributed by atoms with Crippen LogP contribution in [0.15, 0.2) is 24.5 Å². The number of carbonyl (C=O) groups excluding carboxylic acids is 1. The van der Waals surface area contributed by atoms with Gasteiger partial charge in [0.05, 0.1) is 6.33 Å². The van der Waals surface area contributed by atoms with Crippen molar-refractivity contribution in [1.82, 2.24) is 9.97 Å². The molecule has 3 rings (SSSR count). The van der Waals surface area contributed by atoms with Crippen LogP contribution in [0.25, 0.3) is 0 Å². The Bertz CT molecular complexity index is 746. The van der Waals surface area contributed by atoms with Crippen LogP contribution in [0.3, 0.4) is 0 Å². The Kier molecular flexibility index (Phi) is 2.83. The van der Waals surface area contributed by atoms with Crippen LogP contribution in [-0.4, -0.2) is 32.4 Å². The molecule has 2 heterocycles. The van der Waals surface area contributed by atoms with Crippen molar-refractivity contribution in [2.75, 3.05) is 0 Å². The fourth-order valence-electron chi connectivity index (χ4n) is 2.52. The predicted molar refractivity (Wildman–Crippen MR) is 73.8 cm³/mol. The minimum atomic E-state index is -1.21. The highest BCUT2D eigenvalue weighted by Crippen LogP contribution is 2.35. The highest BCUT2D eigenvalue weighted by atomic mass is 16.5. The van der Waals surface area contributed by atoms with Crippen LogP contribution in [-0.2, 0) is 6.42 Å². The predicted octanol–water partition coefficient (Wildman–Crippen LogP) is 2.05. The highest BCUT2D eigenvalue weighted by Gasteiger charge is 2.31. The number of carboxylic acids is 1. The summed E-state index contributed by atoms with van der Waals surface area (Å²) in [6.07, 6.45) is 1.91. The van der Waals surface area contributed by atoms with Gasteiger partial charge in [-0.2, -0.15) is 0 Å². The number of carbonyl (C=O) groups is 2. The van der Waals surface area contributed by atoms with Crippen molar-refractivity contribution in [2.45, 2.75) is 25.9 Å². The molecular weight excluding hydrogens is 272 g/mol. The largest absolute Gasteiger partial charge is 0.487 e. The third-order valence-electron chi connectivity index (χ3n) is 3.39. The molecule has 0 saturated carbocycles. The molecule has 108 valence electrons. The van der Waals surface area contributed by atoms with E-state index < -0.39 is 11.8 Å². The molecule has 0 unspecified atom stereocenters. The van der Waals surface area contributed by atoms with E-state index >= 15 is 0 Å². The lowest BCUT2D eigenvalue weighted by molar-refractivity contribution is 0.0687. The van der Waals surface area contributed by atoms with Gasteiger partial charge in [0.2, 0.25) is 5.78 Å². The van der Waals surface area contributed by atoms with Crippen LogP contribution in [0.1, 0.15) is 46.0 Å². The molecule has 0 atom stereocenters. The molecule has 1 aliphatic rings. The highest BCUT2D eigenvalue weighted by molar-refractivity contribution is 6.12. The first-order valence-electron chi connectivity index (χ1n) is 6.51. The zero-order valence-corrected chi connectivity index (χ0v) is 11.6. The second-order valence-electron chi connectivity index (χ2n) is 5.62. The third-order valence-corrected chi connectivity index (χ3v) is 3.39. The molecule has 21 heavy (non-hydrogen) atoms. The lowest BCUT2D eigenvalue weighted by Gasteiger charge is -2.16. The molecular formula is C15H14N2O4. The van der Waals surface area contributed by atoms with Crippen LogP contribution in [0.5, 0.6) is 5.75 Å². The van der Waals surface area contributed by atoms with E-state index in [2.05, 4.69) is 9.97 Å². The Morgan fingerprint density at radius 2 is 2.14 bits per heavy atom. The van der Waals surface area contributed by atoms with Crippen molar-refractivity contribution in [1.29, 1.82) is 0 Å². The van der Waals surface area contributed by atoms with Gasteiger partial charge in [-0.15, -0.1) is 0 Å². The number of ether oxygens (including phenoxy) is 1. The first-order valence-corrected chi connectivity index (χ1v) is 6.51. The van der Waals surface area contributed by atoms with Crippen molar-refractivity contribution in [3.8, 4) is 5.75 Å². The van der Waals surface area contributed by atoms with Gasteiger partial charge in [-0.25, -0.2) is 9.78 Å². The summed E-state index contributed by atoms with van der Waals surface area (Å²) in [4.78, 5) is 29.7. The number of aromatic nitrogens is 2. The maximum Gasteiger partial charge on any atom is 0.354 e. The molecule has 2 aromatic rings. The van der Waals surface area contributed by atoms with Crippen molar-refractivity contribution in [3.05, 3.63) is 47.0 Å². The maximum absolute atomic E-state index is 12.4. The molecule has 0 bridgehead atoms. The fourth-order valence-corrected chi connectivity index (χ4v) is 2.52. The molecule has 0 amide bonds. The molecule has 6 heteroatoms. The topological polar surface area (TPSA) is 92.3 Å². The van der Waals surface area contributed by atoms with Crippen molar-refractivity contribution >= 4 is 11.8 Å². The van der Waals surface area contributed by atoms with E-state index in [9.17, 15) is 9.59 Å². The van der Waals surface area contributed by atoms with Crippen LogP contribution in [0, 0.1) is 0 Å². The summed E-state index contributed by atoms with van der Waals surface area (Å²) in [7, 11) is 0. The fraction of sp³-hybridized carbons (Fsp3) is 0.267. The zero-order valence-electron chi connectivity index (χ0n) is 11.6. The Morgan fingerprint density at radius 3 is 2.86 bits per heavy atom. The van der Waals surface area contributed by atoms with Crippen LogP contribution in [0.2, 0.25) is 0 Å². The number of benzene rings is 1. The molecule has 0 spiro atoms. The second-order valence-corrected chi connectivity index (χ2v) is 5.62. The Balaban J connectivity index is 1.97. The number of imidazole rings is 1. The minimum Gasteiger partial charge on any atom is -0.487 e. The first kappa shape index (κ1) is 13.4. The maximum atomic E-state index is 12.4. The normalized spacial score (nSPS) is 15.3.